The van der Waals surface area contributed by atoms with Gasteiger partial charge in [0.2, 0.25) is 0 Å². The van der Waals surface area contributed by atoms with E-state index in [4.69, 9.17) is 0 Å². The molecule has 4 nitrogen and oxygen atoms in total. The smallest absolute Gasteiger partial charge is 0.191 e. The van der Waals surface area contributed by atoms with Crippen LogP contribution in [0.4, 0.5) is 4.39 Å². The van der Waals surface area contributed by atoms with Crippen LogP contribution in [0.25, 0.3) is 0 Å². The van der Waals surface area contributed by atoms with E-state index in [1.54, 1.807) is 12.3 Å². The molecule has 1 aromatic heterocycles. The summed E-state index contributed by atoms with van der Waals surface area (Å²) in [5.41, 5.74) is 1.83. The van der Waals surface area contributed by atoms with Crippen LogP contribution >= 0.6 is 24.0 Å². The van der Waals surface area contributed by atoms with Crippen molar-refractivity contribution in [3.63, 3.8) is 0 Å². The number of hydrogen-bond donors (Lipinski definition) is 2. The number of nitrogens with zero attached hydrogens (tertiary/aromatic N) is 2. The molecule has 0 aliphatic heterocycles. The Morgan fingerprint density at radius 3 is 2.76 bits per heavy atom. The first-order valence-corrected chi connectivity index (χ1v) is 8.47. The zero-order valence-electron chi connectivity index (χ0n) is 14.3. The van der Waals surface area contributed by atoms with Gasteiger partial charge in [0.15, 0.2) is 5.96 Å². The molecule has 1 saturated carbocycles. The van der Waals surface area contributed by atoms with E-state index >= 15 is 0 Å². The third-order valence-corrected chi connectivity index (χ3v) is 4.13. The minimum Gasteiger partial charge on any atom is -0.357 e. The summed E-state index contributed by atoms with van der Waals surface area (Å²) >= 11 is 0. The van der Waals surface area contributed by atoms with Crippen LogP contribution in [0.5, 0.6) is 0 Å². The maximum atomic E-state index is 13.8. The second-order valence-corrected chi connectivity index (χ2v) is 5.95. The second-order valence-electron chi connectivity index (χ2n) is 5.95. The molecule has 1 fully saturated rings. The molecule has 1 aliphatic carbocycles. The number of aliphatic imine (C=N–C) groups is 1. The van der Waals surface area contributed by atoms with Crippen molar-refractivity contribution in [3.05, 3.63) is 65.7 Å². The quantitative estimate of drug-likeness (QED) is 0.399. The Hall–Kier alpha value is -1.70. The van der Waals surface area contributed by atoms with Crippen LogP contribution in [0, 0.1) is 5.82 Å². The Balaban J connectivity index is 0.00000225. The first-order valence-electron chi connectivity index (χ1n) is 8.47. The number of benzene rings is 1. The van der Waals surface area contributed by atoms with E-state index in [1.807, 2.05) is 37.3 Å². The molecule has 0 bridgehead atoms. The van der Waals surface area contributed by atoms with Gasteiger partial charge in [0.25, 0.3) is 0 Å². The summed E-state index contributed by atoms with van der Waals surface area (Å²) in [4.78, 5) is 8.90. The molecule has 2 aromatic rings. The number of hydrogen-bond acceptors (Lipinski definition) is 2. The molecule has 0 saturated heterocycles. The van der Waals surface area contributed by atoms with Gasteiger partial charge in [0, 0.05) is 43.4 Å². The average molecular weight is 454 g/mol. The minimum absolute atomic E-state index is 0. The van der Waals surface area contributed by atoms with Crippen LogP contribution < -0.4 is 10.6 Å². The summed E-state index contributed by atoms with van der Waals surface area (Å²) in [6.07, 6.45) is 3.54. The van der Waals surface area contributed by atoms with E-state index in [1.165, 1.54) is 6.07 Å². The number of aromatic nitrogens is 1. The number of pyridine rings is 1. The van der Waals surface area contributed by atoms with Crippen molar-refractivity contribution in [3.8, 4) is 0 Å². The zero-order valence-corrected chi connectivity index (χ0v) is 16.6. The molecule has 1 aliphatic rings. The minimum atomic E-state index is -0.121. The lowest BCUT2D eigenvalue weighted by molar-refractivity contribution is 0.607. The predicted octanol–water partition coefficient (Wildman–Crippen LogP) is 3.49. The van der Waals surface area contributed by atoms with Crippen LogP contribution in [0.15, 0.2) is 53.7 Å². The molecule has 134 valence electrons. The molecule has 2 unspecified atom stereocenters. The van der Waals surface area contributed by atoms with Gasteiger partial charge in [-0.2, -0.15) is 0 Å². The van der Waals surface area contributed by atoms with Gasteiger partial charge in [-0.05, 0) is 37.1 Å². The van der Waals surface area contributed by atoms with Gasteiger partial charge in [-0.1, -0.05) is 24.3 Å². The van der Waals surface area contributed by atoms with Gasteiger partial charge in [0.05, 0.1) is 0 Å². The van der Waals surface area contributed by atoms with E-state index in [-0.39, 0.29) is 41.8 Å². The molecule has 3 rings (SSSR count). The first-order chi connectivity index (χ1) is 11.8. The number of halogens is 2. The molecule has 25 heavy (non-hydrogen) atoms. The summed E-state index contributed by atoms with van der Waals surface area (Å²) in [5, 5.41) is 6.66. The van der Waals surface area contributed by atoms with E-state index < -0.39 is 0 Å². The maximum Gasteiger partial charge on any atom is 0.191 e. The average Bonchev–Trinajstić information content (AvgIpc) is 3.35. The highest BCUT2D eigenvalue weighted by Gasteiger charge is 2.40. The van der Waals surface area contributed by atoms with Crippen molar-refractivity contribution in [2.45, 2.75) is 31.7 Å². The van der Waals surface area contributed by atoms with Crippen molar-refractivity contribution in [1.82, 2.24) is 15.6 Å². The molecular formula is C19H24FIN4. The van der Waals surface area contributed by atoms with Crippen molar-refractivity contribution >= 4 is 29.9 Å². The van der Waals surface area contributed by atoms with Gasteiger partial charge in [-0.3, -0.25) is 9.98 Å². The molecule has 0 spiro atoms. The van der Waals surface area contributed by atoms with Gasteiger partial charge in [-0.15, -0.1) is 24.0 Å². The molecule has 6 heteroatoms. The largest absolute Gasteiger partial charge is 0.357 e. The van der Waals surface area contributed by atoms with Gasteiger partial charge >= 0.3 is 0 Å². The topological polar surface area (TPSA) is 49.3 Å². The molecular weight excluding hydrogens is 430 g/mol. The summed E-state index contributed by atoms with van der Waals surface area (Å²) in [6.45, 7) is 3.51. The fraction of sp³-hybridized carbons (Fsp3) is 0.368. The van der Waals surface area contributed by atoms with Gasteiger partial charge in [-0.25, -0.2) is 4.39 Å². The van der Waals surface area contributed by atoms with Crippen LogP contribution in [0.3, 0.4) is 0 Å². The molecule has 0 radical (unpaired) electrons. The second kappa shape index (κ2) is 9.70. The van der Waals surface area contributed by atoms with Gasteiger partial charge in [0.1, 0.15) is 5.82 Å². The number of rotatable bonds is 6. The third-order valence-electron chi connectivity index (χ3n) is 4.13. The lowest BCUT2D eigenvalue weighted by atomic mass is 10.1. The van der Waals surface area contributed by atoms with E-state index in [0.29, 0.717) is 6.54 Å². The standard InChI is InChI=1S/C19H23FN4.HI/c1-2-21-19(23-12-10-14-7-5-6-11-22-14)24-18-13-16(18)15-8-3-4-9-17(15)20;/h3-9,11,16,18H,2,10,12-13H2,1H3,(H2,21,23,24);1H. The van der Waals surface area contributed by atoms with Gasteiger partial charge < -0.3 is 10.6 Å². The van der Waals surface area contributed by atoms with Crippen molar-refractivity contribution in [2.24, 2.45) is 4.99 Å². The third kappa shape index (κ3) is 5.66. The lowest BCUT2D eigenvalue weighted by Gasteiger charge is -2.11. The molecule has 2 N–H and O–H groups in total. The highest BCUT2D eigenvalue weighted by molar-refractivity contribution is 14.0. The van der Waals surface area contributed by atoms with E-state index in [9.17, 15) is 4.39 Å². The van der Waals surface area contributed by atoms with Crippen LogP contribution in [0.2, 0.25) is 0 Å². The van der Waals surface area contributed by atoms with Crippen molar-refractivity contribution < 1.29 is 4.39 Å². The predicted molar refractivity (Wildman–Crippen MR) is 110 cm³/mol. The van der Waals surface area contributed by atoms with Crippen LogP contribution in [0.1, 0.15) is 30.5 Å². The Labute approximate surface area is 165 Å². The summed E-state index contributed by atoms with van der Waals surface area (Å²) in [5.74, 6) is 0.895. The zero-order chi connectivity index (χ0) is 16.8. The van der Waals surface area contributed by atoms with Crippen molar-refractivity contribution in [1.29, 1.82) is 0 Å². The lowest BCUT2D eigenvalue weighted by Crippen LogP contribution is -2.39. The summed E-state index contributed by atoms with van der Waals surface area (Å²) in [6, 6.07) is 13.2. The van der Waals surface area contributed by atoms with E-state index in [0.717, 1.165) is 36.6 Å². The molecule has 1 aromatic carbocycles. The van der Waals surface area contributed by atoms with Crippen molar-refractivity contribution in [2.75, 3.05) is 13.1 Å². The normalized spacial score (nSPS) is 19.0. The Bertz CT molecular complexity index is 693. The summed E-state index contributed by atoms with van der Waals surface area (Å²) < 4.78 is 13.8. The first kappa shape index (κ1) is 19.6. The van der Waals surface area contributed by atoms with Crippen LogP contribution in [-0.4, -0.2) is 30.1 Å². The fourth-order valence-electron chi connectivity index (χ4n) is 2.80. The highest BCUT2D eigenvalue weighted by atomic mass is 127. The highest BCUT2D eigenvalue weighted by Crippen LogP contribution is 2.41. The Morgan fingerprint density at radius 1 is 1.24 bits per heavy atom. The summed E-state index contributed by atoms with van der Waals surface area (Å²) in [7, 11) is 0. The van der Waals surface area contributed by atoms with Crippen LogP contribution in [-0.2, 0) is 6.42 Å². The SMILES string of the molecule is CCNC(=NCCc1ccccn1)NC1CC1c1ccccc1F.I. The molecule has 2 atom stereocenters. The fourth-order valence-corrected chi connectivity index (χ4v) is 2.80. The Morgan fingerprint density at radius 2 is 2.04 bits per heavy atom. The maximum absolute atomic E-state index is 13.8. The van der Waals surface area contributed by atoms with E-state index in [2.05, 4.69) is 20.6 Å². The number of guanidine groups is 1. The number of nitrogens with one attached hydrogen (secondary N) is 2. The molecule has 0 amide bonds. The monoisotopic (exact) mass is 454 g/mol. The Kier molecular flexibility index (Phi) is 7.61. The molecule has 1 heterocycles.